The fourth-order valence-corrected chi connectivity index (χ4v) is 2.35. The van der Waals surface area contributed by atoms with Crippen molar-refractivity contribution in [2.45, 2.75) is 26.0 Å². The molecule has 2 aromatic rings. The van der Waals surface area contributed by atoms with E-state index in [0.29, 0.717) is 11.3 Å². The average molecular weight is 409 g/mol. The first-order chi connectivity index (χ1) is 14.3. The van der Waals surface area contributed by atoms with E-state index in [0.717, 1.165) is 5.56 Å². The third-order valence-corrected chi connectivity index (χ3v) is 4.04. The van der Waals surface area contributed by atoms with Gasteiger partial charge in [0.15, 0.2) is 6.10 Å². The second kappa shape index (κ2) is 10.6. The van der Waals surface area contributed by atoms with Crippen LogP contribution in [-0.2, 0) is 19.1 Å². The Kier molecular flexibility index (Phi) is 7.87. The van der Waals surface area contributed by atoms with E-state index in [1.165, 1.54) is 44.2 Å². The van der Waals surface area contributed by atoms with Gasteiger partial charge in [0.25, 0.3) is 5.91 Å². The van der Waals surface area contributed by atoms with Gasteiger partial charge in [-0.05, 0) is 49.8 Å². The van der Waals surface area contributed by atoms with Crippen LogP contribution in [0.2, 0.25) is 0 Å². The topological polar surface area (TPSA) is 128 Å². The van der Waals surface area contributed by atoms with Crippen molar-refractivity contribution in [3.8, 4) is 0 Å². The van der Waals surface area contributed by atoms with Crippen LogP contribution in [0.5, 0.6) is 0 Å². The van der Waals surface area contributed by atoms with Crippen LogP contribution in [0.3, 0.4) is 0 Å². The molecule has 0 fully saturated rings. The van der Waals surface area contributed by atoms with Crippen molar-refractivity contribution in [1.82, 2.24) is 5.32 Å². The predicted molar refractivity (Wildman–Crippen MR) is 112 cm³/mol. The standard InChI is InChI=1S/C22H23N3O5/c1-14(24-19(26)13-8-16-6-4-3-5-7-16)22(29)30-15(2)21(28)25-18-11-9-17(10-12-18)20(23)27/h3-15H,1-2H3,(H2,23,27)(H,24,26)(H,25,28)/b13-8+/t14-,15-/m0/s1. The number of amides is 3. The maximum Gasteiger partial charge on any atom is 0.329 e. The number of nitrogens with two attached hydrogens (primary N) is 1. The molecule has 0 spiro atoms. The van der Waals surface area contributed by atoms with Gasteiger partial charge in [-0.25, -0.2) is 4.79 Å². The number of carbonyl (C=O) groups is 4. The van der Waals surface area contributed by atoms with Crippen molar-refractivity contribution in [1.29, 1.82) is 0 Å². The highest BCUT2D eigenvalue weighted by Crippen LogP contribution is 2.10. The zero-order valence-electron chi connectivity index (χ0n) is 16.6. The molecule has 0 aromatic heterocycles. The van der Waals surface area contributed by atoms with Crippen molar-refractivity contribution >= 4 is 35.5 Å². The van der Waals surface area contributed by atoms with Crippen LogP contribution < -0.4 is 16.4 Å². The first-order valence-corrected chi connectivity index (χ1v) is 9.21. The molecule has 8 heteroatoms. The fourth-order valence-electron chi connectivity index (χ4n) is 2.35. The highest BCUT2D eigenvalue weighted by molar-refractivity contribution is 5.98. The van der Waals surface area contributed by atoms with Crippen LogP contribution in [0.1, 0.15) is 29.8 Å². The molecule has 2 rings (SSSR count). The van der Waals surface area contributed by atoms with Crippen molar-refractivity contribution in [2.75, 3.05) is 5.32 Å². The van der Waals surface area contributed by atoms with Gasteiger partial charge in [-0.15, -0.1) is 0 Å². The van der Waals surface area contributed by atoms with E-state index in [1.807, 2.05) is 30.3 Å². The summed E-state index contributed by atoms with van der Waals surface area (Å²) in [5.74, 6) is -2.35. The summed E-state index contributed by atoms with van der Waals surface area (Å²) in [5.41, 5.74) is 6.73. The summed E-state index contributed by atoms with van der Waals surface area (Å²) in [5, 5.41) is 5.05. The minimum atomic E-state index is -1.09. The maximum atomic E-state index is 12.2. The zero-order valence-corrected chi connectivity index (χ0v) is 16.6. The molecule has 0 heterocycles. The number of rotatable bonds is 8. The lowest BCUT2D eigenvalue weighted by Gasteiger charge is -2.17. The molecular formula is C22H23N3O5. The number of carbonyl (C=O) groups excluding carboxylic acids is 4. The first-order valence-electron chi connectivity index (χ1n) is 9.21. The number of hydrogen-bond acceptors (Lipinski definition) is 5. The Morgan fingerprint density at radius 3 is 2.20 bits per heavy atom. The van der Waals surface area contributed by atoms with E-state index in [-0.39, 0.29) is 0 Å². The fraction of sp³-hybridized carbons (Fsp3) is 0.182. The highest BCUT2D eigenvalue weighted by atomic mass is 16.5. The zero-order chi connectivity index (χ0) is 22.1. The molecule has 0 saturated heterocycles. The quantitative estimate of drug-likeness (QED) is 0.453. The molecular weight excluding hydrogens is 386 g/mol. The number of hydrogen-bond donors (Lipinski definition) is 3. The van der Waals surface area contributed by atoms with Crippen LogP contribution in [0.15, 0.2) is 60.7 Å². The first kappa shape index (κ1) is 22.4. The molecule has 0 unspecified atom stereocenters. The van der Waals surface area contributed by atoms with Gasteiger partial charge < -0.3 is 21.1 Å². The summed E-state index contributed by atoms with van der Waals surface area (Å²) in [7, 11) is 0. The smallest absolute Gasteiger partial charge is 0.329 e. The number of primary amides is 1. The Morgan fingerprint density at radius 2 is 1.60 bits per heavy atom. The van der Waals surface area contributed by atoms with Crippen LogP contribution in [0.25, 0.3) is 6.08 Å². The second-order valence-corrected chi connectivity index (χ2v) is 6.48. The van der Waals surface area contributed by atoms with Gasteiger partial charge in [-0.2, -0.15) is 0 Å². The second-order valence-electron chi connectivity index (χ2n) is 6.48. The van der Waals surface area contributed by atoms with Gasteiger partial charge >= 0.3 is 5.97 Å². The van der Waals surface area contributed by atoms with E-state index in [4.69, 9.17) is 10.5 Å². The molecule has 30 heavy (non-hydrogen) atoms. The molecule has 156 valence electrons. The Hall–Kier alpha value is -3.94. The molecule has 0 bridgehead atoms. The number of benzene rings is 2. The number of anilines is 1. The Bertz CT molecular complexity index is 939. The molecule has 0 aliphatic carbocycles. The molecule has 3 amide bonds. The normalized spacial score (nSPS) is 12.6. The summed E-state index contributed by atoms with van der Waals surface area (Å²) in [6.45, 7) is 2.87. The molecule has 0 radical (unpaired) electrons. The molecule has 8 nitrogen and oxygen atoms in total. The van der Waals surface area contributed by atoms with Crippen molar-refractivity contribution in [3.05, 3.63) is 71.8 Å². The van der Waals surface area contributed by atoms with Crippen molar-refractivity contribution in [2.24, 2.45) is 5.73 Å². The van der Waals surface area contributed by atoms with E-state index >= 15 is 0 Å². The highest BCUT2D eigenvalue weighted by Gasteiger charge is 2.22. The lowest BCUT2D eigenvalue weighted by Crippen LogP contribution is -2.41. The summed E-state index contributed by atoms with van der Waals surface area (Å²) >= 11 is 0. The van der Waals surface area contributed by atoms with Crippen molar-refractivity contribution < 1.29 is 23.9 Å². The number of ether oxygens (including phenoxy) is 1. The SMILES string of the molecule is C[C@H](NC(=O)/C=C/c1ccccc1)C(=O)O[C@@H](C)C(=O)Nc1ccc(C(N)=O)cc1. The van der Waals surface area contributed by atoms with Gasteiger partial charge in [-0.3, -0.25) is 14.4 Å². The monoisotopic (exact) mass is 409 g/mol. The largest absolute Gasteiger partial charge is 0.451 e. The van der Waals surface area contributed by atoms with E-state index in [2.05, 4.69) is 10.6 Å². The van der Waals surface area contributed by atoms with Crippen LogP contribution >= 0.6 is 0 Å². The lowest BCUT2D eigenvalue weighted by atomic mass is 10.2. The summed E-state index contributed by atoms with van der Waals surface area (Å²) in [6.07, 6.45) is 1.84. The molecule has 0 aliphatic heterocycles. The van der Waals surface area contributed by atoms with Crippen LogP contribution in [0.4, 0.5) is 5.69 Å². The van der Waals surface area contributed by atoms with Gasteiger partial charge in [0.1, 0.15) is 6.04 Å². The van der Waals surface area contributed by atoms with Gasteiger partial charge in [0, 0.05) is 17.3 Å². The lowest BCUT2D eigenvalue weighted by molar-refractivity contribution is -0.155. The summed E-state index contributed by atoms with van der Waals surface area (Å²) in [6, 6.07) is 14.2. The molecule has 0 saturated carbocycles. The van der Waals surface area contributed by atoms with Crippen molar-refractivity contribution in [3.63, 3.8) is 0 Å². The molecule has 0 aliphatic rings. The number of esters is 1. The van der Waals surface area contributed by atoms with Gasteiger partial charge in [-0.1, -0.05) is 30.3 Å². The minimum absolute atomic E-state index is 0.304. The van der Waals surface area contributed by atoms with Crippen LogP contribution in [-0.4, -0.2) is 35.8 Å². The minimum Gasteiger partial charge on any atom is -0.451 e. The molecule has 2 atom stereocenters. The molecule has 2 aromatic carbocycles. The van der Waals surface area contributed by atoms with E-state index in [1.54, 1.807) is 6.08 Å². The summed E-state index contributed by atoms with van der Waals surface area (Å²) in [4.78, 5) is 47.3. The van der Waals surface area contributed by atoms with Gasteiger partial charge in [0.2, 0.25) is 11.8 Å². The third-order valence-electron chi connectivity index (χ3n) is 4.04. The summed E-state index contributed by atoms with van der Waals surface area (Å²) < 4.78 is 5.11. The third kappa shape index (κ3) is 6.90. The average Bonchev–Trinajstić information content (AvgIpc) is 2.73. The van der Waals surface area contributed by atoms with Crippen LogP contribution in [0, 0.1) is 0 Å². The Labute approximate surface area is 174 Å². The Balaban J connectivity index is 1.83. The number of nitrogens with one attached hydrogen (secondary N) is 2. The predicted octanol–water partition coefficient (Wildman–Crippen LogP) is 1.87. The maximum absolute atomic E-state index is 12.2. The molecule has 4 N–H and O–H groups in total. The van der Waals surface area contributed by atoms with E-state index < -0.39 is 35.8 Å². The Morgan fingerprint density at radius 1 is 0.967 bits per heavy atom. The van der Waals surface area contributed by atoms with Gasteiger partial charge in [0.05, 0.1) is 0 Å². The van der Waals surface area contributed by atoms with E-state index in [9.17, 15) is 19.2 Å².